The van der Waals surface area contributed by atoms with E-state index in [2.05, 4.69) is 39.6 Å². The first-order valence-electron chi connectivity index (χ1n) is 3.68. The summed E-state index contributed by atoms with van der Waals surface area (Å²) >= 11 is 0. The number of rotatable bonds is 1. The first-order chi connectivity index (χ1) is 5.79. The summed E-state index contributed by atoms with van der Waals surface area (Å²) in [5, 5.41) is 18.5. The van der Waals surface area contributed by atoms with Crippen molar-refractivity contribution in [2.24, 2.45) is 0 Å². The summed E-state index contributed by atoms with van der Waals surface area (Å²) in [6.07, 6.45) is 1.67. The van der Waals surface area contributed by atoms with Gasteiger partial charge in [-0.25, -0.2) is 0 Å². The molecule has 0 atom stereocenters. The van der Waals surface area contributed by atoms with Crippen LogP contribution in [0.4, 0.5) is 0 Å². The molecule has 12 heavy (non-hydrogen) atoms. The van der Waals surface area contributed by atoms with Gasteiger partial charge in [-0.1, -0.05) is 18.9 Å². The number of hydrogen-bond donors (Lipinski definition) is 0. The first-order valence-corrected chi connectivity index (χ1v) is 3.68. The van der Waals surface area contributed by atoms with Crippen LogP contribution in [0, 0.1) is 0 Å². The topological polar surface area (TPSA) is 68.9 Å². The molecule has 0 amide bonds. The normalized spacial score (nSPS) is 11.2. The minimum absolute atomic E-state index is 0.339. The summed E-state index contributed by atoms with van der Waals surface area (Å²) in [6, 6.07) is 0. The molecule has 0 saturated carbocycles. The molecule has 0 saturated heterocycles. The molecule has 0 aromatic carbocycles. The molecule has 2 aromatic heterocycles. The lowest BCUT2D eigenvalue weighted by Crippen LogP contribution is -2.03. The van der Waals surface area contributed by atoms with Crippen LogP contribution >= 0.6 is 0 Å². The Bertz CT molecular complexity index is 392. The van der Waals surface area contributed by atoms with E-state index in [0.717, 1.165) is 5.69 Å². The Kier molecular flexibility index (Phi) is 1.46. The molecular weight excluding hydrogens is 156 g/mol. The van der Waals surface area contributed by atoms with Crippen molar-refractivity contribution in [2.45, 2.75) is 19.8 Å². The Morgan fingerprint density at radius 1 is 1.33 bits per heavy atom. The number of nitrogens with zero attached hydrogens (tertiary/aromatic N) is 6. The SMILES string of the molecule is CC(C)c1cnnc2nnnn12. The van der Waals surface area contributed by atoms with Gasteiger partial charge in [-0.15, -0.1) is 5.10 Å². The Morgan fingerprint density at radius 2 is 2.17 bits per heavy atom. The largest absolute Gasteiger partial charge is 0.292 e. The molecule has 0 aliphatic rings. The summed E-state index contributed by atoms with van der Waals surface area (Å²) in [5.74, 6) is 0.785. The smallest absolute Gasteiger partial charge is 0.178 e. The van der Waals surface area contributed by atoms with Crippen LogP contribution in [0.2, 0.25) is 0 Å². The van der Waals surface area contributed by atoms with Crippen LogP contribution in [0.5, 0.6) is 0 Å². The van der Waals surface area contributed by atoms with Gasteiger partial charge in [-0.2, -0.15) is 9.61 Å². The van der Waals surface area contributed by atoms with E-state index >= 15 is 0 Å². The van der Waals surface area contributed by atoms with Gasteiger partial charge < -0.3 is 0 Å². The zero-order chi connectivity index (χ0) is 8.55. The van der Waals surface area contributed by atoms with E-state index in [1.54, 1.807) is 10.7 Å². The second kappa shape index (κ2) is 2.47. The summed E-state index contributed by atoms with van der Waals surface area (Å²) in [7, 11) is 0. The molecule has 6 nitrogen and oxygen atoms in total. The van der Waals surface area contributed by atoms with E-state index in [0.29, 0.717) is 11.7 Å². The van der Waals surface area contributed by atoms with Crippen molar-refractivity contribution >= 4 is 5.78 Å². The van der Waals surface area contributed by atoms with Crippen LogP contribution in [0.1, 0.15) is 25.5 Å². The third-order valence-electron chi connectivity index (χ3n) is 1.63. The van der Waals surface area contributed by atoms with Crippen LogP contribution in [-0.4, -0.2) is 30.2 Å². The highest BCUT2D eigenvalue weighted by molar-refractivity contribution is 5.23. The van der Waals surface area contributed by atoms with Gasteiger partial charge in [-0.3, -0.25) is 0 Å². The molecule has 6 heteroatoms. The van der Waals surface area contributed by atoms with Gasteiger partial charge in [0.15, 0.2) is 0 Å². The Morgan fingerprint density at radius 3 is 2.92 bits per heavy atom. The molecule has 0 N–H and O–H groups in total. The van der Waals surface area contributed by atoms with E-state index in [-0.39, 0.29) is 0 Å². The molecule has 0 radical (unpaired) electrons. The Labute approximate surface area is 68.6 Å². The van der Waals surface area contributed by atoms with Crippen LogP contribution in [-0.2, 0) is 0 Å². The number of tetrazole rings is 1. The van der Waals surface area contributed by atoms with E-state index in [1.165, 1.54) is 0 Å². The third kappa shape index (κ3) is 0.919. The monoisotopic (exact) mass is 164 g/mol. The summed E-state index contributed by atoms with van der Waals surface area (Å²) in [5.41, 5.74) is 0.963. The highest BCUT2D eigenvalue weighted by Crippen LogP contribution is 2.10. The zero-order valence-corrected chi connectivity index (χ0v) is 6.84. The fourth-order valence-corrected chi connectivity index (χ4v) is 1.000. The average Bonchev–Trinajstić information content (AvgIpc) is 2.49. The van der Waals surface area contributed by atoms with Crippen molar-refractivity contribution in [3.63, 3.8) is 0 Å². The quantitative estimate of drug-likeness (QED) is 0.595. The lowest BCUT2D eigenvalue weighted by molar-refractivity contribution is 0.704. The molecule has 0 spiro atoms. The van der Waals surface area contributed by atoms with Crippen molar-refractivity contribution in [1.29, 1.82) is 0 Å². The van der Waals surface area contributed by atoms with Crippen LogP contribution < -0.4 is 0 Å². The predicted molar refractivity (Wildman–Crippen MR) is 40.5 cm³/mol. The predicted octanol–water partition coefficient (Wildman–Crippen LogP) is 0.0377. The molecule has 2 heterocycles. The van der Waals surface area contributed by atoms with Crippen LogP contribution in [0.3, 0.4) is 0 Å². The lowest BCUT2D eigenvalue weighted by Gasteiger charge is -2.03. The van der Waals surface area contributed by atoms with Crippen LogP contribution in [0.15, 0.2) is 6.20 Å². The number of hydrogen-bond acceptors (Lipinski definition) is 5. The van der Waals surface area contributed by atoms with Crippen molar-refractivity contribution < 1.29 is 0 Å². The van der Waals surface area contributed by atoms with E-state index in [4.69, 9.17) is 0 Å². The summed E-state index contributed by atoms with van der Waals surface area (Å²) in [6.45, 7) is 4.11. The van der Waals surface area contributed by atoms with Crippen molar-refractivity contribution in [2.75, 3.05) is 0 Å². The second-order valence-corrected chi connectivity index (χ2v) is 2.81. The maximum absolute atomic E-state index is 3.79. The van der Waals surface area contributed by atoms with Gasteiger partial charge in [0.1, 0.15) is 0 Å². The second-order valence-electron chi connectivity index (χ2n) is 2.81. The van der Waals surface area contributed by atoms with Gasteiger partial charge in [0.25, 0.3) is 5.78 Å². The van der Waals surface area contributed by atoms with Gasteiger partial charge in [0.2, 0.25) is 0 Å². The fraction of sp³-hybridized carbons (Fsp3) is 0.500. The van der Waals surface area contributed by atoms with E-state index in [1.807, 2.05) is 0 Å². The highest BCUT2D eigenvalue weighted by Gasteiger charge is 2.07. The Balaban J connectivity index is 2.73. The minimum atomic E-state index is 0.339. The standard InChI is InChI=1S/C6H8N6/c1-4(2)5-3-7-8-6-9-10-11-12(5)6/h3-4H,1-2H3. The van der Waals surface area contributed by atoms with Gasteiger partial charge in [-0.05, 0) is 16.3 Å². The molecule has 0 aliphatic carbocycles. The maximum atomic E-state index is 3.79. The van der Waals surface area contributed by atoms with Gasteiger partial charge in [0.05, 0.1) is 11.9 Å². The number of aromatic nitrogens is 6. The maximum Gasteiger partial charge on any atom is 0.292 e. The molecule has 0 fully saturated rings. The summed E-state index contributed by atoms with van der Waals surface area (Å²) in [4.78, 5) is 0. The molecule has 0 aliphatic heterocycles. The first kappa shape index (κ1) is 7.08. The van der Waals surface area contributed by atoms with E-state index < -0.39 is 0 Å². The minimum Gasteiger partial charge on any atom is -0.178 e. The highest BCUT2D eigenvalue weighted by atomic mass is 15.5. The van der Waals surface area contributed by atoms with Gasteiger partial charge in [0, 0.05) is 0 Å². The third-order valence-corrected chi connectivity index (χ3v) is 1.63. The Hall–Kier alpha value is -1.59. The zero-order valence-electron chi connectivity index (χ0n) is 6.84. The molecule has 2 rings (SSSR count). The van der Waals surface area contributed by atoms with Gasteiger partial charge >= 0.3 is 0 Å². The van der Waals surface area contributed by atoms with Crippen molar-refractivity contribution in [3.05, 3.63) is 11.9 Å². The van der Waals surface area contributed by atoms with Crippen molar-refractivity contribution in [3.8, 4) is 0 Å². The summed E-state index contributed by atoms with van der Waals surface area (Å²) < 4.78 is 1.59. The molecular formula is C6H8N6. The molecule has 62 valence electrons. The molecule has 2 aromatic rings. The average molecular weight is 164 g/mol. The molecule has 0 bridgehead atoms. The fourth-order valence-electron chi connectivity index (χ4n) is 1.000. The lowest BCUT2D eigenvalue weighted by atomic mass is 10.1. The number of fused-ring (bicyclic) bond motifs is 1. The van der Waals surface area contributed by atoms with Crippen LogP contribution in [0.25, 0.3) is 5.78 Å². The van der Waals surface area contributed by atoms with E-state index in [9.17, 15) is 0 Å². The van der Waals surface area contributed by atoms with Crippen molar-refractivity contribution in [1.82, 2.24) is 30.2 Å². The molecule has 0 unspecified atom stereocenters.